The lowest BCUT2D eigenvalue weighted by molar-refractivity contribution is -0.384. The van der Waals surface area contributed by atoms with Crippen molar-refractivity contribution in [2.75, 3.05) is 10.8 Å². The fourth-order valence-corrected chi connectivity index (χ4v) is 2.26. The van der Waals surface area contributed by atoms with Crippen LogP contribution in [0.4, 0.5) is 16.2 Å². The summed E-state index contributed by atoms with van der Waals surface area (Å²) >= 11 is 4.13. The molecule has 2 aromatic rings. The Morgan fingerprint density at radius 3 is 2.24 bits per heavy atom. The van der Waals surface area contributed by atoms with Crippen molar-refractivity contribution in [3.05, 3.63) is 69.8 Å². The van der Waals surface area contributed by atoms with Crippen molar-refractivity contribution in [3.8, 4) is 0 Å². The Morgan fingerprint density at radius 1 is 1.12 bits per heavy atom. The van der Waals surface area contributed by atoms with Crippen LogP contribution in [0.3, 0.4) is 0 Å². The van der Waals surface area contributed by atoms with Gasteiger partial charge in [0.05, 0.1) is 10.6 Å². The fourth-order valence-electron chi connectivity index (χ4n) is 2.06. The average molecular weight is 360 g/mol. The molecule has 0 saturated heterocycles. The highest BCUT2D eigenvalue weighted by Crippen LogP contribution is 2.17. The molecule has 2 rings (SSSR count). The number of carbonyl (C=O) groups is 2. The number of urea groups is 1. The highest BCUT2D eigenvalue weighted by Gasteiger charge is 2.12. The number of benzene rings is 2. The largest absolute Gasteiger partial charge is 0.366 e. The van der Waals surface area contributed by atoms with Crippen LogP contribution in [0.5, 0.6) is 0 Å². The van der Waals surface area contributed by atoms with E-state index in [0.29, 0.717) is 24.2 Å². The van der Waals surface area contributed by atoms with E-state index < -0.39 is 16.9 Å². The van der Waals surface area contributed by atoms with Gasteiger partial charge in [0.1, 0.15) is 0 Å². The van der Waals surface area contributed by atoms with Gasteiger partial charge in [-0.1, -0.05) is 24.9 Å². The first-order valence-electron chi connectivity index (χ1n) is 7.28. The molecular formula is C16H16N4O4S. The molecule has 3 N–H and O–H groups in total. The number of hydrogen-bond acceptors (Lipinski definition) is 5. The Balaban J connectivity index is 1.86. The Morgan fingerprint density at radius 2 is 1.72 bits per heavy atom. The molecule has 0 aliphatic rings. The number of rotatable bonds is 6. The SMILES string of the molecule is NC(=O)c1ccc(N(S)C(=O)NCCc2ccc([N+](=O)[O-])cc2)cc1. The van der Waals surface area contributed by atoms with Gasteiger partial charge in [-0.3, -0.25) is 14.9 Å². The number of carbonyl (C=O) groups excluding carboxylic acids is 2. The number of anilines is 1. The van der Waals surface area contributed by atoms with Gasteiger partial charge in [-0.15, -0.1) is 0 Å². The minimum absolute atomic E-state index is 0.0220. The van der Waals surface area contributed by atoms with Crippen LogP contribution in [0.1, 0.15) is 15.9 Å². The third-order valence-electron chi connectivity index (χ3n) is 3.43. The van der Waals surface area contributed by atoms with Gasteiger partial charge in [0.15, 0.2) is 0 Å². The van der Waals surface area contributed by atoms with E-state index in [1.807, 2.05) is 0 Å². The highest BCUT2D eigenvalue weighted by atomic mass is 32.1. The smallest absolute Gasteiger partial charge is 0.331 e. The zero-order chi connectivity index (χ0) is 18.4. The molecule has 130 valence electrons. The van der Waals surface area contributed by atoms with Crippen LogP contribution in [0, 0.1) is 10.1 Å². The van der Waals surface area contributed by atoms with Gasteiger partial charge in [0, 0.05) is 24.2 Å². The van der Waals surface area contributed by atoms with Crippen molar-refractivity contribution in [1.82, 2.24) is 5.32 Å². The second-order valence-electron chi connectivity index (χ2n) is 5.13. The molecule has 0 aliphatic heterocycles. The second kappa shape index (κ2) is 8.15. The van der Waals surface area contributed by atoms with E-state index in [1.165, 1.54) is 24.3 Å². The van der Waals surface area contributed by atoms with Crippen LogP contribution in [-0.4, -0.2) is 23.4 Å². The molecule has 0 spiro atoms. The summed E-state index contributed by atoms with van der Waals surface area (Å²) in [5.74, 6) is -0.551. The first-order chi connectivity index (χ1) is 11.9. The van der Waals surface area contributed by atoms with Crippen molar-refractivity contribution in [2.45, 2.75) is 6.42 Å². The summed E-state index contributed by atoms with van der Waals surface area (Å²) in [6.45, 7) is 0.340. The van der Waals surface area contributed by atoms with Crippen molar-refractivity contribution in [3.63, 3.8) is 0 Å². The summed E-state index contributed by atoms with van der Waals surface area (Å²) in [6, 6.07) is 11.8. The molecule has 0 fully saturated rings. The summed E-state index contributed by atoms with van der Waals surface area (Å²) in [6.07, 6.45) is 0.520. The molecule has 0 saturated carbocycles. The van der Waals surface area contributed by atoms with Gasteiger partial charge < -0.3 is 11.1 Å². The molecule has 0 heterocycles. The first kappa shape index (κ1) is 18.3. The van der Waals surface area contributed by atoms with Crippen molar-refractivity contribution in [2.24, 2.45) is 5.73 Å². The van der Waals surface area contributed by atoms with Gasteiger partial charge in [-0.05, 0) is 36.2 Å². The molecule has 0 aliphatic carbocycles. The van der Waals surface area contributed by atoms with Gasteiger partial charge in [0.25, 0.3) is 5.69 Å². The minimum Gasteiger partial charge on any atom is -0.366 e. The fraction of sp³-hybridized carbons (Fsp3) is 0.125. The third-order valence-corrected chi connectivity index (χ3v) is 3.84. The van der Waals surface area contributed by atoms with Gasteiger partial charge >= 0.3 is 6.03 Å². The lowest BCUT2D eigenvalue weighted by Gasteiger charge is -2.16. The summed E-state index contributed by atoms with van der Waals surface area (Å²) < 4.78 is 1.11. The maximum absolute atomic E-state index is 12.1. The van der Waals surface area contributed by atoms with E-state index in [-0.39, 0.29) is 5.69 Å². The Bertz CT molecular complexity index is 778. The lowest BCUT2D eigenvalue weighted by atomic mass is 10.1. The summed E-state index contributed by atoms with van der Waals surface area (Å²) in [5, 5.41) is 13.3. The van der Waals surface area contributed by atoms with Crippen molar-refractivity contribution in [1.29, 1.82) is 0 Å². The molecule has 25 heavy (non-hydrogen) atoms. The van der Waals surface area contributed by atoms with E-state index in [2.05, 4.69) is 18.1 Å². The number of hydrogen-bond donors (Lipinski definition) is 3. The van der Waals surface area contributed by atoms with Gasteiger partial charge in [-0.2, -0.15) is 0 Å². The van der Waals surface area contributed by atoms with Gasteiger partial charge in [0.2, 0.25) is 5.91 Å². The predicted molar refractivity (Wildman–Crippen MR) is 96.6 cm³/mol. The maximum atomic E-state index is 12.1. The molecule has 0 bridgehead atoms. The zero-order valence-corrected chi connectivity index (χ0v) is 14.0. The number of nitrogens with zero attached hydrogens (tertiary/aromatic N) is 2. The summed E-state index contributed by atoms with van der Waals surface area (Å²) in [4.78, 5) is 33.2. The molecule has 9 heteroatoms. The molecule has 0 radical (unpaired) electrons. The topological polar surface area (TPSA) is 119 Å². The number of nitro groups is 1. The van der Waals surface area contributed by atoms with Crippen molar-refractivity contribution < 1.29 is 14.5 Å². The van der Waals surface area contributed by atoms with E-state index in [0.717, 1.165) is 9.87 Å². The van der Waals surface area contributed by atoms with Crippen LogP contribution in [0.2, 0.25) is 0 Å². The Labute approximate surface area is 149 Å². The van der Waals surface area contributed by atoms with E-state index in [1.54, 1.807) is 24.3 Å². The highest BCUT2D eigenvalue weighted by molar-refractivity contribution is 7.82. The number of non-ortho nitro benzene ring substituents is 1. The minimum atomic E-state index is -0.551. The van der Waals surface area contributed by atoms with Crippen LogP contribution in [-0.2, 0) is 6.42 Å². The molecule has 0 atom stereocenters. The maximum Gasteiger partial charge on any atom is 0.331 e. The van der Waals surface area contributed by atoms with E-state index in [4.69, 9.17) is 5.73 Å². The van der Waals surface area contributed by atoms with Crippen LogP contribution in [0.25, 0.3) is 0 Å². The number of amides is 3. The molecule has 3 amide bonds. The quantitative estimate of drug-likeness (QED) is 0.416. The van der Waals surface area contributed by atoms with Gasteiger partial charge in [-0.25, -0.2) is 9.10 Å². The molecule has 0 aromatic heterocycles. The molecular weight excluding hydrogens is 344 g/mol. The van der Waals surface area contributed by atoms with Crippen LogP contribution < -0.4 is 15.4 Å². The summed E-state index contributed by atoms with van der Waals surface area (Å²) in [7, 11) is 0. The number of nitrogens with one attached hydrogen (secondary N) is 1. The summed E-state index contributed by atoms with van der Waals surface area (Å²) in [5.41, 5.74) is 6.87. The first-order valence-corrected chi connectivity index (χ1v) is 7.68. The monoisotopic (exact) mass is 360 g/mol. The van der Waals surface area contributed by atoms with E-state index >= 15 is 0 Å². The Kier molecular flexibility index (Phi) is 5.96. The number of nitrogens with two attached hydrogens (primary N) is 1. The van der Waals surface area contributed by atoms with E-state index in [9.17, 15) is 19.7 Å². The number of thiol groups is 1. The number of primary amides is 1. The molecule has 0 unspecified atom stereocenters. The molecule has 2 aromatic carbocycles. The lowest BCUT2D eigenvalue weighted by Crippen LogP contribution is -2.35. The standard InChI is InChI=1S/C16H16N4O4S/c17-15(21)12-3-7-13(8-4-12)19(25)16(22)18-10-9-11-1-5-14(6-2-11)20(23)24/h1-8,25H,9-10H2,(H2,17,21)(H,18,22). The van der Waals surface area contributed by atoms with Crippen molar-refractivity contribution >= 4 is 36.1 Å². The number of nitro benzene ring substituents is 1. The van der Waals surface area contributed by atoms with Crippen LogP contribution in [0.15, 0.2) is 48.5 Å². The van der Waals surface area contributed by atoms with Crippen LogP contribution >= 0.6 is 12.8 Å². The third kappa shape index (κ3) is 4.95. The second-order valence-corrected chi connectivity index (χ2v) is 5.53. The normalized spacial score (nSPS) is 10.1. The Hall–Kier alpha value is -3.07. The zero-order valence-electron chi connectivity index (χ0n) is 13.1. The molecule has 8 nitrogen and oxygen atoms in total. The average Bonchev–Trinajstić information content (AvgIpc) is 2.61. The predicted octanol–water partition coefficient (Wildman–Crippen LogP) is 2.30.